The monoisotopic (exact) mass is 239 g/mol. The summed E-state index contributed by atoms with van der Waals surface area (Å²) in [7, 11) is 0. The fraction of sp³-hybridized carbons (Fsp3) is 0.667. The fourth-order valence-electron chi connectivity index (χ4n) is 2.09. The van der Waals surface area contributed by atoms with E-state index in [4.69, 9.17) is 0 Å². The summed E-state index contributed by atoms with van der Waals surface area (Å²) in [5, 5.41) is 10.3. The van der Waals surface area contributed by atoms with E-state index in [9.17, 15) is 0 Å². The maximum Gasteiger partial charge on any atom is 0.0882 e. The summed E-state index contributed by atoms with van der Waals surface area (Å²) in [6.07, 6.45) is 1.22. The maximum atomic E-state index is 3.47. The molecule has 3 nitrogen and oxygen atoms in total. The molecule has 0 saturated carbocycles. The first-order chi connectivity index (χ1) is 7.86. The molecular formula is C12H21N3S. The van der Waals surface area contributed by atoms with Crippen molar-refractivity contribution >= 4 is 16.3 Å². The molecule has 2 heterocycles. The van der Waals surface area contributed by atoms with E-state index < -0.39 is 0 Å². The Kier molecular flexibility index (Phi) is 4.63. The van der Waals surface area contributed by atoms with Crippen LogP contribution in [0.25, 0.3) is 0 Å². The van der Waals surface area contributed by atoms with Gasteiger partial charge in [-0.1, -0.05) is 0 Å². The molecule has 1 fully saturated rings. The highest BCUT2D eigenvalue weighted by Crippen LogP contribution is 2.15. The third-order valence-electron chi connectivity index (χ3n) is 3.16. The van der Waals surface area contributed by atoms with Crippen LogP contribution in [-0.4, -0.2) is 43.7 Å². The Morgan fingerprint density at radius 3 is 3.00 bits per heavy atom. The van der Waals surface area contributed by atoms with Crippen LogP contribution >= 0.6 is 11.3 Å². The maximum absolute atomic E-state index is 3.47. The number of hydrogen-bond donors (Lipinski definition) is 2. The lowest BCUT2D eigenvalue weighted by Gasteiger charge is -2.32. The van der Waals surface area contributed by atoms with Crippen molar-refractivity contribution in [1.82, 2.24) is 10.2 Å². The Hall–Kier alpha value is -0.580. The quantitative estimate of drug-likeness (QED) is 0.821. The summed E-state index contributed by atoms with van der Waals surface area (Å²) >= 11 is 1.78. The lowest BCUT2D eigenvalue weighted by Crippen LogP contribution is -2.47. The van der Waals surface area contributed by atoms with Crippen molar-refractivity contribution in [3.05, 3.63) is 17.5 Å². The Bertz CT molecular complexity index is 280. The third-order valence-corrected chi connectivity index (χ3v) is 3.99. The van der Waals surface area contributed by atoms with E-state index in [1.54, 1.807) is 11.3 Å². The summed E-state index contributed by atoms with van der Waals surface area (Å²) < 4.78 is 0. The summed E-state index contributed by atoms with van der Waals surface area (Å²) in [5.41, 5.74) is 0. The minimum Gasteiger partial charge on any atom is -0.377 e. The Labute approximate surface area is 102 Å². The highest BCUT2D eigenvalue weighted by Gasteiger charge is 2.15. The van der Waals surface area contributed by atoms with Crippen molar-refractivity contribution in [2.45, 2.75) is 19.4 Å². The average molecular weight is 239 g/mol. The second kappa shape index (κ2) is 6.23. The van der Waals surface area contributed by atoms with Gasteiger partial charge in [-0.15, -0.1) is 11.3 Å². The van der Waals surface area contributed by atoms with Crippen LogP contribution in [0.15, 0.2) is 17.5 Å². The smallest absolute Gasteiger partial charge is 0.0882 e. The number of piperazine rings is 1. The van der Waals surface area contributed by atoms with Crippen LogP contribution in [0.2, 0.25) is 0 Å². The number of rotatable bonds is 5. The van der Waals surface area contributed by atoms with E-state index in [2.05, 4.69) is 40.0 Å². The van der Waals surface area contributed by atoms with Crippen LogP contribution in [0.5, 0.6) is 0 Å². The van der Waals surface area contributed by atoms with Crippen LogP contribution < -0.4 is 10.6 Å². The van der Waals surface area contributed by atoms with E-state index >= 15 is 0 Å². The molecule has 1 saturated heterocycles. The van der Waals surface area contributed by atoms with Crippen LogP contribution in [0.4, 0.5) is 5.00 Å². The van der Waals surface area contributed by atoms with E-state index in [0.29, 0.717) is 6.04 Å². The van der Waals surface area contributed by atoms with Crippen molar-refractivity contribution in [1.29, 1.82) is 0 Å². The molecule has 1 atom stereocenters. The first-order valence-corrected chi connectivity index (χ1v) is 6.96. The van der Waals surface area contributed by atoms with Gasteiger partial charge in [0.2, 0.25) is 0 Å². The summed E-state index contributed by atoms with van der Waals surface area (Å²) in [5.74, 6) is 0. The molecule has 1 unspecified atom stereocenters. The first-order valence-electron chi connectivity index (χ1n) is 6.08. The Balaban J connectivity index is 1.65. The SMILES string of the molecule is CC(CCNc1cccs1)N1CCNCC1. The molecule has 0 aliphatic carbocycles. The van der Waals surface area contributed by atoms with Gasteiger partial charge in [-0.3, -0.25) is 4.90 Å². The molecule has 4 heteroatoms. The molecule has 0 radical (unpaired) electrons. The zero-order valence-electron chi connectivity index (χ0n) is 9.91. The van der Waals surface area contributed by atoms with Gasteiger partial charge in [-0.25, -0.2) is 0 Å². The zero-order valence-corrected chi connectivity index (χ0v) is 10.7. The van der Waals surface area contributed by atoms with Crippen LogP contribution in [0.1, 0.15) is 13.3 Å². The van der Waals surface area contributed by atoms with Crippen molar-refractivity contribution < 1.29 is 0 Å². The van der Waals surface area contributed by atoms with Gasteiger partial charge in [0, 0.05) is 38.8 Å². The molecule has 1 aliphatic heterocycles. The molecule has 0 amide bonds. The van der Waals surface area contributed by atoms with Crippen molar-refractivity contribution in [2.75, 3.05) is 38.0 Å². The fourth-order valence-corrected chi connectivity index (χ4v) is 2.74. The van der Waals surface area contributed by atoms with Crippen LogP contribution in [-0.2, 0) is 0 Å². The van der Waals surface area contributed by atoms with Gasteiger partial charge in [0.05, 0.1) is 5.00 Å². The van der Waals surface area contributed by atoms with Gasteiger partial charge in [-0.2, -0.15) is 0 Å². The number of nitrogens with zero attached hydrogens (tertiary/aromatic N) is 1. The summed E-state index contributed by atoms with van der Waals surface area (Å²) in [6.45, 7) is 8.08. The van der Waals surface area contributed by atoms with Crippen LogP contribution in [0, 0.1) is 0 Å². The molecule has 1 aromatic heterocycles. The minimum atomic E-state index is 0.689. The van der Waals surface area contributed by atoms with Gasteiger partial charge in [-0.05, 0) is 30.9 Å². The molecule has 2 rings (SSSR count). The first kappa shape index (κ1) is 11.9. The molecule has 0 aromatic carbocycles. The molecule has 1 aliphatic rings. The number of anilines is 1. The van der Waals surface area contributed by atoms with Gasteiger partial charge in [0.1, 0.15) is 0 Å². The largest absolute Gasteiger partial charge is 0.377 e. The molecule has 0 spiro atoms. The van der Waals surface area contributed by atoms with Crippen molar-refractivity contribution in [3.63, 3.8) is 0 Å². The van der Waals surface area contributed by atoms with Crippen LogP contribution in [0.3, 0.4) is 0 Å². The van der Waals surface area contributed by atoms with E-state index in [1.807, 2.05) is 0 Å². The lowest BCUT2D eigenvalue weighted by molar-refractivity contribution is 0.179. The molecule has 1 aromatic rings. The number of nitrogens with one attached hydrogen (secondary N) is 2. The second-order valence-electron chi connectivity index (χ2n) is 4.33. The van der Waals surface area contributed by atoms with Gasteiger partial charge in [0.15, 0.2) is 0 Å². The summed E-state index contributed by atoms with van der Waals surface area (Å²) in [6, 6.07) is 4.92. The molecular weight excluding hydrogens is 218 g/mol. The van der Waals surface area contributed by atoms with E-state index in [0.717, 1.165) is 19.6 Å². The predicted octanol–water partition coefficient (Wildman–Crippen LogP) is 1.84. The molecule has 2 N–H and O–H groups in total. The second-order valence-corrected chi connectivity index (χ2v) is 5.28. The zero-order chi connectivity index (χ0) is 11.2. The highest BCUT2D eigenvalue weighted by atomic mass is 32.1. The van der Waals surface area contributed by atoms with E-state index in [-0.39, 0.29) is 0 Å². The van der Waals surface area contributed by atoms with Gasteiger partial charge >= 0.3 is 0 Å². The number of thiophene rings is 1. The minimum absolute atomic E-state index is 0.689. The lowest BCUT2D eigenvalue weighted by atomic mass is 10.2. The standard InChI is InChI=1S/C12H21N3S/c1-11(15-8-6-13-7-9-15)4-5-14-12-3-2-10-16-12/h2-3,10-11,13-14H,4-9H2,1H3. The van der Waals surface area contributed by atoms with Gasteiger partial charge in [0.25, 0.3) is 0 Å². The van der Waals surface area contributed by atoms with Gasteiger partial charge < -0.3 is 10.6 Å². The van der Waals surface area contributed by atoms with E-state index in [1.165, 1.54) is 24.5 Å². The Morgan fingerprint density at radius 2 is 2.31 bits per heavy atom. The molecule has 90 valence electrons. The van der Waals surface area contributed by atoms with Crippen molar-refractivity contribution in [2.24, 2.45) is 0 Å². The topological polar surface area (TPSA) is 27.3 Å². The predicted molar refractivity (Wildman–Crippen MR) is 71.3 cm³/mol. The van der Waals surface area contributed by atoms with Crippen molar-refractivity contribution in [3.8, 4) is 0 Å². The third kappa shape index (κ3) is 3.47. The number of hydrogen-bond acceptors (Lipinski definition) is 4. The highest BCUT2D eigenvalue weighted by molar-refractivity contribution is 7.14. The average Bonchev–Trinajstić information content (AvgIpc) is 2.83. The molecule has 16 heavy (non-hydrogen) atoms. The molecule has 0 bridgehead atoms. The summed E-state index contributed by atoms with van der Waals surface area (Å²) in [4.78, 5) is 2.58. The Morgan fingerprint density at radius 1 is 1.50 bits per heavy atom. The normalized spacial score (nSPS) is 19.6.